The Balaban J connectivity index is 1.52. The van der Waals surface area contributed by atoms with E-state index in [0.29, 0.717) is 0 Å². The second-order valence-corrected chi connectivity index (χ2v) is 8.37. The van der Waals surface area contributed by atoms with Crippen LogP contribution >= 0.6 is 11.6 Å². The van der Waals surface area contributed by atoms with E-state index in [4.69, 9.17) is 11.6 Å². The van der Waals surface area contributed by atoms with Crippen molar-refractivity contribution in [1.29, 1.82) is 0 Å². The predicted molar refractivity (Wildman–Crippen MR) is 125 cm³/mol. The van der Waals surface area contributed by atoms with Gasteiger partial charge in [0.1, 0.15) is 0 Å². The lowest BCUT2D eigenvalue weighted by molar-refractivity contribution is 0.666. The summed E-state index contributed by atoms with van der Waals surface area (Å²) in [6, 6.07) is 21.5. The van der Waals surface area contributed by atoms with Crippen LogP contribution in [0, 0.1) is 11.8 Å². The van der Waals surface area contributed by atoms with E-state index in [1.807, 2.05) is 24.3 Å². The van der Waals surface area contributed by atoms with Crippen LogP contribution in [0.25, 0.3) is 11.1 Å². The lowest BCUT2D eigenvalue weighted by Gasteiger charge is -2.21. The topological polar surface area (TPSA) is 0 Å². The average molecular weight is 399 g/mol. The highest BCUT2D eigenvalue weighted by Gasteiger charge is 2.16. The Morgan fingerprint density at radius 2 is 1.38 bits per heavy atom. The molecule has 0 unspecified atom stereocenters. The normalized spacial score (nSPS) is 11.9. The average Bonchev–Trinajstić information content (AvgIpc) is 2.76. The zero-order valence-corrected chi connectivity index (χ0v) is 17.9. The van der Waals surface area contributed by atoms with E-state index >= 15 is 0 Å². The summed E-state index contributed by atoms with van der Waals surface area (Å²) >= 11 is 5.95. The lowest BCUT2D eigenvalue weighted by atomic mass is 9.83. The minimum absolute atomic E-state index is 0.743. The van der Waals surface area contributed by atoms with Crippen LogP contribution in [0.3, 0.4) is 0 Å². The molecule has 0 amide bonds. The van der Waals surface area contributed by atoms with Gasteiger partial charge < -0.3 is 0 Å². The van der Waals surface area contributed by atoms with Crippen molar-refractivity contribution in [1.82, 2.24) is 0 Å². The van der Waals surface area contributed by atoms with Crippen LogP contribution in [0.4, 0.5) is 0 Å². The fraction of sp³-hybridized carbons (Fsp3) is 0.286. The molecule has 0 N–H and O–H groups in total. The number of rotatable bonds is 5. The van der Waals surface area contributed by atoms with Gasteiger partial charge >= 0.3 is 0 Å². The van der Waals surface area contributed by atoms with E-state index < -0.39 is 0 Å². The molecule has 3 aromatic carbocycles. The smallest absolute Gasteiger partial charge is 0.0406 e. The highest BCUT2D eigenvalue weighted by atomic mass is 35.5. The summed E-state index contributed by atoms with van der Waals surface area (Å²) in [5.41, 5.74) is 9.26. The Morgan fingerprint density at radius 1 is 0.724 bits per heavy atom. The fourth-order valence-electron chi connectivity index (χ4n) is 4.12. The molecule has 0 atom stereocenters. The Bertz CT molecular complexity index is 1050. The van der Waals surface area contributed by atoms with Crippen molar-refractivity contribution in [2.45, 2.75) is 51.9 Å². The third-order valence-corrected chi connectivity index (χ3v) is 6.00. The molecule has 0 fully saturated rings. The second-order valence-electron chi connectivity index (χ2n) is 7.93. The van der Waals surface area contributed by atoms with Gasteiger partial charge in [0.25, 0.3) is 0 Å². The molecule has 0 heterocycles. The van der Waals surface area contributed by atoms with Crippen molar-refractivity contribution >= 4 is 11.6 Å². The fourth-order valence-corrected chi connectivity index (χ4v) is 4.24. The van der Waals surface area contributed by atoms with Crippen molar-refractivity contribution in [2.24, 2.45) is 0 Å². The van der Waals surface area contributed by atoms with E-state index in [-0.39, 0.29) is 0 Å². The molecule has 0 aromatic heterocycles. The predicted octanol–water partition coefficient (Wildman–Crippen LogP) is 7.63. The molecule has 0 aliphatic heterocycles. The van der Waals surface area contributed by atoms with Gasteiger partial charge in [0.2, 0.25) is 0 Å². The molecule has 0 spiro atoms. The summed E-state index contributed by atoms with van der Waals surface area (Å²) in [7, 11) is 0. The molecule has 0 bridgehead atoms. The molecule has 29 heavy (non-hydrogen) atoms. The van der Waals surface area contributed by atoms with Crippen LogP contribution < -0.4 is 0 Å². The van der Waals surface area contributed by atoms with Crippen LogP contribution in [0.5, 0.6) is 0 Å². The first-order valence-corrected chi connectivity index (χ1v) is 11.1. The Morgan fingerprint density at radius 3 is 2.14 bits per heavy atom. The van der Waals surface area contributed by atoms with Crippen LogP contribution in [0.2, 0.25) is 5.02 Å². The molecule has 1 heteroatoms. The van der Waals surface area contributed by atoms with E-state index in [1.54, 1.807) is 0 Å². The molecule has 4 rings (SSSR count). The molecule has 1 aliphatic carbocycles. The number of unbranched alkanes of at least 4 members (excludes halogenated alkanes) is 3. The van der Waals surface area contributed by atoms with Gasteiger partial charge in [-0.1, -0.05) is 73.9 Å². The Labute approximate surface area is 179 Å². The van der Waals surface area contributed by atoms with E-state index in [9.17, 15) is 0 Å². The minimum atomic E-state index is 0.743. The molecular formula is C28H27Cl. The highest BCUT2D eigenvalue weighted by molar-refractivity contribution is 6.30. The number of aryl methyl sites for hydroxylation is 3. The largest absolute Gasteiger partial charge is 0.0843 e. The van der Waals surface area contributed by atoms with E-state index in [1.165, 1.54) is 59.9 Å². The van der Waals surface area contributed by atoms with E-state index in [2.05, 4.69) is 55.2 Å². The zero-order chi connectivity index (χ0) is 20.1. The summed E-state index contributed by atoms with van der Waals surface area (Å²) < 4.78 is 0. The number of halogens is 1. The first kappa shape index (κ1) is 19.8. The maximum absolute atomic E-state index is 5.95. The third-order valence-electron chi connectivity index (χ3n) is 5.74. The molecule has 0 nitrogen and oxygen atoms in total. The van der Waals surface area contributed by atoms with Gasteiger partial charge in [0, 0.05) is 16.1 Å². The number of fused-ring (bicyclic) bond motifs is 3. The summed E-state index contributed by atoms with van der Waals surface area (Å²) in [6.45, 7) is 2.27. The summed E-state index contributed by atoms with van der Waals surface area (Å²) in [5, 5.41) is 0.743. The van der Waals surface area contributed by atoms with Crippen molar-refractivity contribution in [3.05, 3.63) is 93.5 Å². The lowest BCUT2D eigenvalue weighted by Crippen LogP contribution is -2.05. The monoisotopic (exact) mass is 398 g/mol. The van der Waals surface area contributed by atoms with Crippen LogP contribution in [-0.2, 0) is 19.3 Å². The SMILES string of the molecule is CCCCCCc1ccc2c(c1)CCc1cc(C#Cc3ccc(Cl)cc3)ccc1-2. The number of hydrogen-bond acceptors (Lipinski definition) is 0. The van der Waals surface area contributed by atoms with Gasteiger partial charge in [-0.25, -0.2) is 0 Å². The Kier molecular flexibility index (Phi) is 6.38. The van der Waals surface area contributed by atoms with Crippen molar-refractivity contribution in [3.8, 4) is 23.0 Å². The molecular weight excluding hydrogens is 372 g/mol. The summed E-state index contributed by atoms with van der Waals surface area (Å²) in [5.74, 6) is 6.55. The number of benzene rings is 3. The Hall–Kier alpha value is -2.49. The van der Waals surface area contributed by atoms with Gasteiger partial charge in [0.05, 0.1) is 0 Å². The van der Waals surface area contributed by atoms with Crippen LogP contribution in [0.1, 0.15) is 60.4 Å². The van der Waals surface area contributed by atoms with Crippen molar-refractivity contribution in [2.75, 3.05) is 0 Å². The maximum atomic E-state index is 5.95. The first-order valence-electron chi connectivity index (χ1n) is 10.8. The molecule has 1 aliphatic rings. The van der Waals surface area contributed by atoms with Crippen LogP contribution in [-0.4, -0.2) is 0 Å². The quantitative estimate of drug-likeness (QED) is 0.306. The molecule has 0 saturated carbocycles. The molecule has 0 radical (unpaired) electrons. The number of hydrogen-bond donors (Lipinski definition) is 0. The second kappa shape index (κ2) is 9.34. The van der Waals surface area contributed by atoms with Gasteiger partial charge in [-0.2, -0.15) is 0 Å². The van der Waals surface area contributed by atoms with E-state index in [0.717, 1.165) is 29.0 Å². The van der Waals surface area contributed by atoms with Crippen molar-refractivity contribution < 1.29 is 0 Å². The zero-order valence-electron chi connectivity index (χ0n) is 17.1. The first-order chi connectivity index (χ1) is 14.2. The third kappa shape index (κ3) is 4.92. The van der Waals surface area contributed by atoms with Crippen molar-refractivity contribution in [3.63, 3.8) is 0 Å². The molecule has 0 saturated heterocycles. The minimum Gasteiger partial charge on any atom is -0.0843 e. The summed E-state index contributed by atoms with van der Waals surface area (Å²) in [4.78, 5) is 0. The molecule has 3 aromatic rings. The molecule has 146 valence electrons. The van der Waals surface area contributed by atoms with Gasteiger partial charge in [-0.3, -0.25) is 0 Å². The summed E-state index contributed by atoms with van der Waals surface area (Å²) in [6.07, 6.45) is 8.72. The highest BCUT2D eigenvalue weighted by Crippen LogP contribution is 2.34. The van der Waals surface area contributed by atoms with Gasteiger partial charge in [-0.05, 0) is 89.9 Å². The standard InChI is InChI=1S/C28H27Cl/c1-2-3-4-5-6-22-11-17-27-24(19-22)13-14-25-20-23(12-18-28(25)27)8-7-21-9-15-26(29)16-10-21/h9-12,15-20H,2-6,13-14H2,1H3. The van der Waals surface area contributed by atoms with Gasteiger partial charge in [-0.15, -0.1) is 0 Å². The maximum Gasteiger partial charge on any atom is 0.0406 e. The van der Waals surface area contributed by atoms with Crippen LogP contribution in [0.15, 0.2) is 60.7 Å². The van der Waals surface area contributed by atoms with Gasteiger partial charge in [0.15, 0.2) is 0 Å².